The number of halogens is 1. The van der Waals surface area contributed by atoms with Crippen LogP contribution in [0.2, 0.25) is 0 Å². The lowest BCUT2D eigenvalue weighted by molar-refractivity contribution is 0.354. The van der Waals surface area contributed by atoms with Crippen LogP contribution in [0.3, 0.4) is 0 Å². The molecule has 116 valence electrons. The van der Waals surface area contributed by atoms with Crippen molar-refractivity contribution in [2.24, 2.45) is 0 Å². The van der Waals surface area contributed by atoms with Crippen molar-refractivity contribution in [3.8, 4) is 0 Å². The van der Waals surface area contributed by atoms with Gasteiger partial charge in [0.15, 0.2) is 0 Å². The van der Waals surface area contributed by atoms with Gasteiger partial charge in [0.25, 0.3) is 5.56 Å². The highest BCUT2D eigenvalue weighted by atomic mass is 79.9. The summed E-state index contributed by atoms with van der Waals surface area (Å²) in [5, 5.41) is 7.97. The zero-order valence-electron chi connectivity index (χ0n) is 12.7. The Morgan fingerprint density at radius 1 is 1.43 bits per heavy atom. The van der Waals surface area contributed by atoms with Gasteiger partial charge in [0.05, 0.1) is 11.9 Å². The molecule has 0 spiro atoms. The van der Waals surface area contributed by atoms with Crippen molar-refractivity contribution in [3.05, 3.63) is 21.0 Å². The van der Waals surface area contributed by atoms with E-state index in [0.717, 1.165) is 24.9 Å². The van der Waals surface area contributed by atoms with E-state index >= 15 is 0 Å². The van der Waals surface area contributed by atoms with E-state index in [1.165, 1.54) is 17.5 Å². The summed E-state index contributed by atoms with van der Waals surface area (Å²) in [6, 6.07) is 1.77. The van der Waals surface area contributed by atoms with Gasteiger partial charge in [-0.25, -0.2) is 4.68 Å². The fourth-order valence-corrected chi connectivity index (χ4v) is 4.20. The zero-order valence-corrected chi connectivity index (χ0v) is 14.3. The Balaban J connectivity index is 1.83. The minimum atomic E-state index is -0.0295. The number of nitrogens with zero attached hydrogens (tertiary/aromatic N) is 3. The molecule has 3 rings (SSSR count). The molecule has 2 aliphatic rings. The summed E-state index contributed by atoms with van der Waals surface area (Å²) in [4.78, 5) is 14.6. The first kappa shape index (κ1) is 15.0. The van der Waals surface area contributed by atoms with Crippen molar-refractivity contribution < 1.29 is 0 Å². The van der Waals surface area contributed by atoms with Gasteiger partial charge in [0.1, 0.15) is 4.47 Å². The minimum absolute atomic E-state index is 0.0295. The van der Waals surface area contributed by atoms with Gasteiger partial charge in [0.2, 0.25) is 0 Å². The van der Waals surface area contributed by atoms with Crippen LogP contribution in [0, 0.1) is 0 Å². The maximum atomic E-state index is 12.3. The lowest BCUT2D eigenvalue weighted by atomic mass is 9.98. The number of piperidine rings is 1. The third kappa shape index (κ3) is 2.88. The minimum Gasteiger partial charge on any atom is -0.369 e. The lowest BCUT2D eigenvalue weighted by Gasteiger charge is -2.37. The molecule has 3 heterocycles. The number of fused-ring (bicyclic) bond motifs is 2. The van der Waals surface area contributed by atoms with E-state index in [1.54, 1.807) is 0 Å². The molecule has 2 bridgehead atoms. The summed E-state index contributed by atoms with van der Waals surface area (Å²) in [6.45, 7) is 2.71. The van der Waals surface area contributed by atoms with E-state index in [0.29, 0.717) is 29.1 Å². The summed E-state index contributed by atoms with van der Waals surface area (Å²) in [6.07, 6.45) is 7.60. The van der Waals surface area contributed by atoms with Crippen LogP contribution in [0.5, 0.6) is 0 Å². The van der Waals surface area contributed by atoms with Gasteiger partial charge in [0, 0.05) is 31.7 Å². The second-order valence-electron chi connectivity index (χ2n) is 6.25. The van der Waals surface area contributed by atoms with Crippen LogP contribution < -0.4 is 15.8 Å². The SMILES string of the molecule is CCCn1ncc(N(C)C2CC3CCC(C2)N3)c(Br)c1=O. The van der Waals surface area contributed by atoms with Gasteiger partial charge in [-0.15, -0.1) is 0 Å². The van der Waals surface area contributed by atoms with Crippen molar-refractivity contribution >= 4 is 21.6 Å². The molecule has 1 aromatic heterocycles. The Bertz CT molecular complexity index is 561. The normalized spacial score (nSPS) is 27.9. The molecule has 2 aliphatic heterocycles. The Hall–Kier alpha value is -0.880. The second-order valence-corrected chi connectivity index (χ2v) is 7.04. The third-order valence-electron chi connectivity index (χ3n) is 4.78. The number of hydrogen-bond donors (Lipinski definition) is 1. The van der Waals surface area contributed by atoms with Crippen molar-refractivity contribution in [1.29, 1.82) is 0 Å². The molecule has 21 heavy (non-hydrogen) atoms. The molecule has 2 atom stereocenters. The first-order chi connectivity index (χ1) is 10.1. The van der Waals surface area contributed by atoms with Crippen LogP contribution in [0.25, 0.3) is 0 Å². The second kappa shape index (κ2) is 6.08. The molecule has 0 aliphatic carbocycles. The summed E-state index contributed by atoms with van der Waals surface area (Å²) in [7, 11) is 2.08. The third-order valence-corrected chi connectivity index (χ3v) is 5.52. The number of rotatable bonds is 4. The average Bonchev–Trinajstić information content (AvgIpc) is 2.82. The fraction of sp³-hybridized carbons (Fsp3) is 0.733. The average molecular weight is 355 g/mol. The van der Waals surface area contributed by atoms with E-state index in [9.17, 15) is 4.79 Å². The maximum Gasteiger partial charge on any atom is 0.283 e. The zero-order chi connectivity index (χ0) is 15.0. The molecule has 0 radical (unpaired) electrons. The summed E-state index contributed by atoms with van der Waals surface area (Å²) in [5.41, 5.74) is 0.886. The van der Waals surface area contributed by atoms with Crippen molar-refractivity contribution in [2.75, 3.05) is 11.9 Å². The largest absolute Gasteiger partial charge is 0.369 e. The highest BCUT2D eigenvalue weighted by molar-refractivity contribution is 9.10. The first-order valence-corrected chi connectivity index (χ1v) is 8.64. The lowest BCUT2D eigenvalue weighted by Crippen LogP contribution is -2.47. The van der Waals surface area contributed by atoms with Crippen LogP contribution in [0.4, 0.5) is 5.69 Å². The Morgan fingerprint density at radius 3 is 2.71 bits per heavy atom. The van der Waals surface area contributed by atoms with E-state index in [2.05, 4.69) is 38.3 Å². The van der Waals surface area contributed by atoms with Crippen molar-refractivity contribution in [2.45, 2.75) is 63.7 Å². The van der Waals surface area contributed by atoms with Crippen LogP contribution in [-0.2, 0) is 6.54 Å². The maximum absolute atomic E-state index is 12.3. The first-order valence-electron chi connectivity index (χ1n) is 7.84. The molecule has 0 amide bonds. The van der Waals surface area contributed by atoms with E-state index in [-0.39, 0.29) is 5.56 Å². The highest BCUT2D eigenvalue weighted by Gasteiger charge is 2.35. The summed E-state index contributed by atoms with van der Waals surface area (Å²) >= 11 is 3.48. The molecule has 5 nitrogen and oxygen atoms in total. The molecule has 2 fully saturated rings. The quantitative estimate of drug-likeness (QED) is 0.899. The van der Waals surface area contributed by atoms with Crippen molar-refractivity contribution in [3.63, 3.8) is 0 Å². The van der Waals surface area contributed by atoms with Gasteiger partial charge >= 0.3 is 0 Å². The number of hydrogen-bond acceptors (Lipinski definition) is 4. The van der Waals surface area contributed by atoms with Crippen LogP contribution >= 0.6 is 15.9 Å². The fourth-order valence-electron chi connectivity index (χ4n) is 3.61. The number of aromatic nitrogens is 2. The Labute approximate surface area is 133 Å². The monoisotopic (exact) mass is 354 g/mol. The molecule has 6 heteroatoms. The Morgan fingerprint density at radius 2 is 2.10 bits per heavy atom. The molecule has 0 saturated carbocycles. The van der Waals surface area contributed by atoms with Crippen LogP contribution in [0.1, 0.15) is 39.0 Å². The number of aryl methyl sites for hydroxylation is 1. The highest BCUT2D eigenvalue weighted by Crippen LogP contribution is 2.32. The molecule has 1 N–H and O–H groups in total. The Kier molecular flexibility index (Phi) is 4.36. The molecular weight excluding hydrogens is 332 g/mol. The van der Waals surface area contributed by atoms with Gasteiger partial charge in [-0.3, -0.25) is 4.79 Å². The smallest absolute Gasteiger partial charge is 0.283 e. The van der Waals surface area contributed by atoms with Crippen LogP contribution in [0.15, 0.2) is 15.5 Å². The number of anilines is 1. The van der Waals surface area contributed by atoms with Gasteiger partial charge < -0.3 is 10.2 Å². The molecule has 0 aromatic carbocycles. The summed E-state index contributed by atoms with van der Waals surface area (Å²) < 4.78 is 2.17. The molecular formula is C15H23BrN4O. The van der Waals surface area contributed by atoms with Gasteiger partial charge in [-0.05, 0) is 48.0 Å². The van der Waals surface area contributed by atoms with E-state index < -0.39 is 0 Å². The summed E-state index contributed by atoms with van der Waals surface area (Å²) in [5.74, 6) is 0. The number of nitrogens with one attached hydrogen (secondary N) is 1. The standard InChI is InChI=1S/C15H23BrN4O/c1-3-6-20-15(21)14(16)13(9-17-20)19(2)12-7-10-4-5-11(8-12)18-10/h9-12,18H,3-8H2,1-2H3. The topological polar surface area (TPSA) is 50.2 Å². The predicted molar refractivity (Wildman–Crippen MR) is 87.9 cm³/mol. The molecule has 1 aromatic rings. The predicted octanol–water partition coefficient (Wildman–Crippen LogP) is 2.13. The van der Waals surface area contributed by atoms with Gasteiger partial charge in [-0.1, -0.05) is 6.92 Å². The van der Waals surface area contributed by atoms with Crippen LogP contribution in [-0.4, -0.2) is 35.0 Å². The molecule has 2 unspecified atom stereocenters. The molecule has 2 saturated heterocycles. The van der Waals surface area contributed by atoms with E-state index in [1.807, 2.05) is 13.1 Å². The van der Waals surface area contributed by atoms with E-state index in [4.69, 9.17) is 0 Å². The van der Waals surface area contributed by atoms with Crippen molar-refractivity contribution in [1.82, 2.24) is 15.1 Å². The van der Waals surface area contributed by atoms with Gasteiger partial charge in [-0.2, -0.15) is 5.10 Å².